The van der Waals surface area contributed by atoms with Crippen LogP contribution in [0.5, 0.6) is 0 Å². The Morgan fingerprint density at radius 2 is 1.67 bits per heavy atom. The van der Waals surface area contributed by atoms with E-state index in [1.54, 1.807) is 0 Å². The highest BCUT2D eigenvalue weighted by Gasteiger charge is 2.62. The van der Waals surface area contributed by atoms with E-state index in [1.807, 2.05) is 0 Å². The van der Waals surface area contributed by atoms with Gasteiger partial charge in [0.05, 0.1) is 7.11 Å². The second kappa shape index (κ2) is 5.72. The van der Waals surface area contributed by atoms with Gasteiger partial charge < -0.3 is 14.7 Å². The Bertz CT molecular complexity index is 541. The van der Waals surface area contributed by atoms with E-state index < -0.39 is 23.3 Å². The summed E-state index contributed by atoms with van der Waals surface area (Å²) in [6.07, 6.45) is -5.24. The molecule has 0 fully saturated rings. The molecule has 0 aromatic heterocycles. The van der Waals surface area contributed by atoms with Crippen LogP contribution in [0.2, 0.25) is 0 Å². The van der Waals surface area contributed by atoms with Crippen LogP contribution in [0.25, 0.3) is 0 Å². The number of carbonyl (C=O) groups excluding carboxylic acids is 2. The van der Waals surface area contributed by atoms with Gasteiger partial charge in [-0.05, 0) is 12.1 Å². The van der Waals surface area contributed by atoms with Crippen LogP contribution in [0, 0.1) is 0 Å². The number of amides is 1. The van der Waals surface area contributed by atoms with E-state index in [9.17, 15) is 27.9 Å². The molecule has 1 amide bonds. The molecule has 0 spiro atoms. The molecule has 116 valence electrons. The predicted molar refractivity (Wildman–Crippen MR) is 67.5 cm³/mol. The zero-order valence-corrected chi connectivity index (χ0v) is 11.6. The van der Waals surface area contributed by atoms with Crippen LogP contribution in [0.3, 0.4) is 0 Å². The molecule has 0 radical (unpaired) electrons. The number of ether oxygens (including phenoxy) is 1. The number of rotatable bonds is 3. The molecule has 1 aromatic carbocycles. The first-order valence-corrected chi connectivity index (χ1v) is 5.78. The summed E-state index contributed by atoms with van der Waals surface area (Å²) < 4.78 is 43.0. The van der Waals surface area contributed by atoms with E-state index in [0.29, 0.717) is 5.69 Å². The van der Waals surface area contributed by atoms with Gasteiger partial charge in [0.25, 0.3) is 5.60 Å². The molecule has 0 aliphatic rings. The van der Waals surface area contributed by atoms with E-state index in [2.05, 4.69) is 4.74 Å². The number of methoxy groups -OCH3 is 1. The summed E-state index contributed by atoms with van der Waals surface area (Å²) in [5.74, 6) is -2.15. The Labute approximate surface area is 118 Å². The molecule has 8 heteroatoms. The molecule has 0 saturated heterocycles. The molecule has 0 aliphatic heterocycles. The summed E-state index contributed by atoms with van der Waals surface area (Å²) in [7, 11) is 2.19. The Morgan fingerprint density at radius 1 is 1.19 bits per heavy atom. The van der Waals surface area contributed by atoms with Crippen molar-refractivity contribution in [2.75, 3.05) is 19.1 Å². The molecule has 5 nitrogen and oxygen atoms in total. The number of halogens is 3. The average molecular weight is 305 g/mol. The third-order valence-electron chi connectivity index (χ3n) is 3.04. The van der Waals surface area contributed by atoms with Crippen molar-refractivity contribution in [3.8, 4) is 0 Å². The Hall–Kier alpha value is -2.09. The van der Waals surface area contributed by atoms with Crippen LogP contribution >= 0.6 is 0 Å². The summed E-state index contributed by atoms with van der Waals surface area (Å²) in [5, 5.41) is 9.75. The first-order valence-electron chi connectivity index (χ1n) is 5.78. The SMILES string of the molecule is COC(=O)[C@](O)(c1ccc(N(C)C(C)=O)cc1)C(F)(F)F. The number of esters is 1. The topological polar surface area (TPSA) is 66.8 Å². The van der Waals surface area contributed by atoms with Crippen LogP contribution in [-0.4, -0.2) is 37.3 Å². The Morgan fingerprint density at radius 3 is 2.00 bits per heavy atom. The zero-order chi connectivity index (χ0) is 16.4. The number of hydrogen-bond donors (Lipinski definition) is 1. The number of carbonyl (C=O) groups is 2. The lowest BCUT2D eigenvalue weighted by atomic mass is 9.93. The lowest BCUT2D eigenvalue weighted by molar-refractivity contribution is -0.266. The second-order valence-corrected chi connectivity index (χ2v) is 4.32. The maximum absolute atomic E-state index is 13.0. The van der Waals surface area contributed by atoms with Gasteiger partial charge in [0.1, 0.15) is 0 Å². The molecule has 1 aromatic rings. The fraction of sp³-hybridized carbons (Fsp3) is 0.385. The van der Waals surface area contributed by atoms with Crippen molar-refractivity contribution in [1.82, 2.24) is 0 Å². The highest BCUT2D eigenvalue weighted by atomic mass is 19.4. The first-order chi connectivity index (χ1) is 9.55. The molecule has 21 heavy (non-hydrogen) atoms. The lowest BCUT2D eigenvalue weighted by Crippen LogP contribution is -2.49. The van der Waals surface area contributed by atoms with Gasteiger partial charge in [-0.2, -0.15) is 13.2 Å². The third-order valence-corrected chi connectivity index (χ3v) is 3.04. The standard InChI is InChI=1S/C13H14F3NO4/c1-8(18)17(2)10-6-4-9(5-7-10)12(20,11(19)21-3)13(14,15)16/h4-7,20H,1-3H3/t12-/m1/s1. The summed E-state index contributed by atoms with van der Waals surface area (Å²) in [6.45, 7) is 1.29. The third kappa shape index (κ3) is 2.99. The summed E-state index contributed by atoms with van der Waals surface area (Å²) >= 11 is 0. The van der Waals surface area contributed by atoms with Gasteiger partial charge in [0, 0.05) is 25.2 Å². The van der Waals surface area contributed by atoms with Crippen molar-refractivity contribution in [2.45, 2.75) is 18.7 Å². The average Bonchev–Trinajstić information content (AvgIpc) is 2.43. The van der Waals surface area contributed by atoms with Crippen LogP contribution < -0.4 is 4.90 Å². The van der Waals surface area contributed by atoms with Crippen LogP contribution in [0.4, 0.5) is 18.9 Å². The van der Waals surface area contributed by atoms with Crippen molar-refractivity contribution in [2.24, 2.45) is 0 Å². The number of anilines is 1. The van der Waals surface area contributed by atoms with Gasteiger partial charge in [-0.25, -0.2) is 4.79 Å². The molecule has 0 aliphatic carbocycles. The highest BCUT2D eigenvalue weighted by molar-refractivity contribution is 5.91. The Kier molecular flexibility index (Phi) is 4.62. The smallest absolute Gasteiger partial charge is 0.432 e. The van der Waals surface area contributed by atoms with E-state index in [1.165, 1.54) is 31.0 Å². The maximum Gasteiger partial charge on any atom is 0.432 e. The first kappa shape index (κ1) is 17.0. The fourth-order valence-electron chi connectivity index (χ4n) is 1.65. The minimum Gasteiger partial charge on any atom is -0.466 e. The van der Waals surface area contributed by atoms with Crippen molar-refractivity contribution in [3.63, 3.8) is 0 Å². The van der Waals surface area contributed by atoms with Gasteiger partial charge in [0.2, 0.25) is 5.91 Å². The van der Waals surface area contributed by atoms with Gasteiger partial charge in [-0.1, -0.05) is 12.1 Å². The number of hydrogen-bond acceptors (Lipinski definition) is 4. The van der Waals surface area contributed by atoms with E-state index in [4.69, 9.17) is 0 Å². The van der Waals surface area contributed by atoms with Gasteiger partial charge in [0.15, 0.2) is 0 Å². The summed E-state index contributed by atoms with van der Waals surface area (Å²) in [5.41, 5.74) is -4.13. The van der Waals surface area contributed by atoms with Crippen molar-refractivity contribution >= 4 is 17.6 Å². The number of aliphatic hydroxyl groups is 1. The summed E-state index contributed by atoms with van der Waals surface area (Å²) in [6, 6.07) is 4.21. The second-order valence-electron chi connectivity index (χ2n) is 4.32. The highest BCUT2D eigenvalue weighted by Crippen LogP contribution is 2.40. The molecule has 1 atom stereocenters. The van der Waals surface area contributed by atoms with Crippen LogP contribution in [0.1, 0.15) is 12.5 Å². The molecule has 1 rings (SSSR count). The summed E-state index contributed by atoms with van der Waals surface area (Å²) in [4.78, 5) is 23.7. The number of benzene rings is 1. The minimum absolute atomic E-state index is 0.318. The van der Waals surface area contributed by atoms with E-state index in [-0.39, 0.29) is 5.91 Å². The lowest BCUT2D eigenvalue weighted by Gasteiger charge is -2.28. The zero-order valence-electron chi connectivity index (χ0n) is 11.6. The van der Waals surface area contributed by atoms with E-state index in [0.717, 1.165) is 19.2 Å². The normalized spacial score (nSPS) is 14.2. The van der Waals surface area contributed by atoms with Crippen LogP contribution in [0.15, 0.2) is 24.3 Å². The van der Waals surface area contributed by atoms with Crippen molar-refractivity contribution in [3.05, 3.63) is 29.8 Å². The van der Waals surface area contributed by atoms with E-state index >= 15 is 0 Å². The molecule has 1 N–H and O–H groups in total. The van der Waals surface area contributed by atoms with Crippen molar-refractivity contribution < 1.29 is 32.6 Å². The minimum atomic E-state index is -5.24. The Balaban J connectivity index is 3.30. The van der Waals surface area contributed by atoms with Gasteiger partial charge >= 0.3 is 12.1 Å². The predicted octanol–water partition coefficient (Wildman–Crippen LogP) is 1.59. The van der Waals surface area contributed by atoms with Gasteiger partial charge in [-0.3, -0.25) is 4.79 Å². The van der Waals surface area contributed by atoms with Gasteiger partial charge in [-0.15, -0.1) is 0 Å². The molecule has 0 heterocycles. The van der Waals surface area contributed by atoms with Crippen LogP contribution in [-0.2, 0) is 19.9 Å². The molecule has 0 saturated carbocycles. The molecule has 0 unspecified atom stereocenters. The van der Waals surface area contributed by atoms with Crippen molar-refractivity contribution in [1.29, 1.82) is 0 Å². The molecular weight excluding hydrogens is 291 g/mol. The number of nitrogens with zero attached hydrogens (tertiary/aromatic N) is 1. The molecular formula is C13H14F3NO4. The molecule has 0 bridgehead atoms. The fourth-order valence-corrected chi connectivity index (χ4v) is 1.65. The monoisotopic (exact) mass is 305 g/mol. The quantitative estimate of drug-likeness (QED) is 0.861. The number of alkyl halides is 3. The largest absolute Gasteiger partial charge is 0.466 e. The maximum atomic E-state index is 13.0.